The zero-order valence-electron chi connectivity index (χ0n) is 12.8. The molecular formula is C17H13FN4O2. The van der Waals surface area contributed by atoms with Crippen LogP contribution in [-0.4, -0.2) is 21.8 Å². The lowest BCUT2D eigenvalue weighted by molar-refractivity contribution is -0.131. The predicted octanol–water partition coefficient (Wildman–Crippen LogP) is 2.06. The van der Waals surface area contributed by atoms with Gasteiger partial charge in [0.1, 0.15) is 5.82 Å². The summed E-state index contributed by atoms with van der Waals surface area (Å²) in [5.41, 5.74) is -0.554. The molecule has 24 heavy (non-hydrogen) atoms. The lowest BCUT2D eigenvalue weighted by Gasteiger charge is -2.21. The van der Waals surface area contributed by atoms with Crippen molar-refractivity contribution in [2.75, 3.05) is 0 Å². The van der Waals surface area contributed by atoms with Crippen LogP contribution in [-0.2, 0) is 16.9 Å². The average Bonchev–Trinajstić information content (AvgIpc) is 2.81. The van der Waals surface area contributed by atoms with Crippen molar-refractivity contribution in [2.24, 2.45) is 0 Å². The number of hydrogen-bond acceptors (Lipinski definition) is 4. The molecule has 1 aromatic carbocycles. The van der Waals surface area contributed by atoms with Gasteiger partial charge in [-0.15, -0.1) is 0 Å². The standard InChI is InChI=1S/C17H13FN4O2/c1-17(14-4-2-3-7-20-14)15(23)22(16(24)21-17)10-12-6-5-11(9-19)8-13(12)18/h2-8H,10H2,1H3,(H,21,24). The maximum Gasteiger partial charge on any atom is 0.325 e. The van der Waals surface area contributed by atoms with Gasteiger partial charge in [-0.25, -0.2) is 9.18 Å². The first-order valence-corrected chi connectivity index (χ1v) is 7.20. The summed E-state index contributed by atoms with van der Waals surface area (Å²) in [5, 5.41) is 11.4. The number of imide groups is 1. The summed E-state index contributed by atoms with van der Waals surface area (Å²) < 4.78 is 14.0. The fourth-order valence-electron chi connectivity index (χ4n) is 2.59. The largest absolute Gasteiger partial charge is 0.325 e. The molecule has 0 spiro atoms. The Morgan fingerprint density at radius 3 is 2.75 bits per heavy atom. The van der Waals surface area contributed by atoms with E-state index in [-0.39, 0.29) is 17.7 Å². The topological polar surface area (TPSA) is 86.1 Å². The number of hydrogen-bond donors (Lipinski definition) is 1. The van der Waals surface area contributed by atoms with Crippen LogP contribution in [0.25, 0.3) is 0 Å². The molecule has 3 rings (SSSR count). The van der Waals surface area contributed by atoms with E-state index in [4.69, 9.17) is 5.26 Å². The summed E-state index contributed by atoms with van der Waals surface area (Å²) in [6, 6.07) is 10.2. The Balaban J connectivity index is 1.89. The molecule has 0 bridgehead atoms. The van der Waals surface area contributed by atoms with Crippen molar-refractivity contribution in [3.63, 3.8) is 0 Å². The molecule has 1 aliphatic heterocycles. The zero-order chi connectivity index (χ0) is 17.3. The van der Waals surface area contributed by atoms with Gasteiger partial charge in [-0.2, -0.15) is 5.26 Å². The summed E-state index contributed by atoms with van der Waals surface area (Å²) in [5.74, 6) is -1.14. The molecule has 3 amide bonds. The van der Waals surface area contributed by atoms with Crippen LogP contribution < -0.4 is 5.32 Å². The first kappa shape index (κ1) is 15.6. The maximum absolute atomic E-state index is 14.0. The van der Waals surface area contributed by atoms with Crippen molar-refractivity contribution in [3.05, 3.63) is 65.2 Å². The van der Waals surface area contributed by atoms with E-state index in [0.717, 1.165) is 11.0 Å². The van der Waals surface area contributed by atoms with E-state index in [1.54, 1.807) is 25.1 Å². The van der Waals surface area contributed by atoms with Crippen LogP contribution in [0, 0.1) is 17.1 Å². The molecule has 0 radical (unpaired) electrons. The first-order valence-electron chi connectivity index (χ1n) is 7.20. The molecule has 2 aromatic rings. The number of rotatable bonds is 3. The van der Waals surface area contributed by atoms with Crippen LogP contribution in [0.5, 0.6) is 0 Å². The number of halogens is 1. The minimum absolute atomic E-state index is 0.155. The van der Waals surface area contributed by atoms with E-state index in [2.05, 4.69) is 10.3 Å². The quantitative estimate of drug-likeness (QED) is 0.876. The third-order valence-electron chi connectivity index (χ3n) is 3.96. The Morgan fingerprint density at radius 1 is 1.33 bits per heavy atom. The second-order valence-electron chi connectivity index (χ2n) is 5.58. The molecule has 2 heterocycles. The third-order valence-corrected chi connectivity index (χ3v) is 3.96. The Labute approximate surface area is 137 Å². The Kier molecular flexibility index (Phi) is 3.73. The van der Waals surface area contributed by atoms with Crippen molar-refractivity contribution in [1.82, 2.24) is 15.2 Å². The molecule has 6 nitrogen and oxygen atoms in total. The fourth-order valence-corrected chi connectivity index (χ4v) is 2.59. The number of urea groups is 1. The highest BCUT2D eigenvalue weighted by atomic mass is 19.1. The normalized spacial score (nSPS) is 20.0. The second-order valence-corrected chi connectivity index (χ2v) is 5.58. The molecule has 1 atom stereocenters. The maximum atomic E-state index is 14.0. The Bertz CT molecular complexity index is 863. The van der Waals surface area contributed by atoms with Crippen molar-refractivity contribution >= 4 is 11.9 Å². The summed E-state index contributed by atoms with van der Waals surface area (Å²) in [7, 11) is 0. The minimum Gasteiger partial charge on any atom is -0.318 e. The summed E-state index contributed by atoms with van der Waals surface area (Å²) in [6.45, 7) is 1.34. The number of carbonyl (C=O) groups is 2. The van der Waals surface area contributed by atoms with Gasteiger partial charge >= 0.3 is 6.03 Å². The molecule has 0 aliphatic carbocycles. The van der Waals surface area contributed by atoms with Crippen LogP contribution in [0.3, 0.4) is 0 Å². The average molecular weight is 324 g/mol. The lowest BCUT2D eigenvalue weighted by atomic mass is 9.97. The number of benzene rings is 1. The molecule has 0 saturated carbocycles. The molecule has 1 fully saturated rings. The number of amides is 3. The SMILES string of the molecule is CC1(c2ccccn2)NC(=O)N(Cc2ccc(C#N)cc2F)C1=O. The highest BCUT2D eigenvalue weighted by molar-refractivity contribution is 6.06. The van der Waals surface area contributed by atoms with E-state index >= 15 is 0 Å². The lowest BCUT2D eigenvalue weighted by Crippen LogP contribution is -2.41. The number of nitriles is 1. The first-order chi connectivity index (χ1) is 11.5. The molecule has 7 heteroatoms. The van der Waals surface area contributed by atoms with Gasteiger partial charge in [-0.3, -0.25) is 14.7 Å². The van der Waals surface area contributed by atoms with Gasteiger partial charge in [0, 0.05) is 11.8 Å². The molecular weight excluding hydrogens is 311 g/mol. The molecule has 1 saturated heterocycles. The smallest absolute Gasteiger partial charge is 0.318 e. The monoisotopic (exact) mass is 324 g/mol. The van der Waals surface area contributed by atoms with E-state index < -0.39 is 23.3 Å². The van der Waals surface area contributed by atoms with Crippen molar-refractivity contribution < 1.29 is 14.0 Å². The second kappa shape index (κ2) is 5.74. The van der Waals surface area contributed by atoms with E-state index in [9.17, 15) is 14.0 Å². The van der Waals surface area contributed by atoms with Gasteiger partial charge in [-0.1, -0.05) is 12.1 Å². The molecule has 1 aliphatic rings. The molecule has 1 aromatic heterocycles. The highest BCUT2D eigenvalue weighted by Crippen LogP contribution is 2.28. The summed E-state index contributed by atoms with van der Waals surface area (Å²) in [6.07, 6.45) is 1.53. The van der Waals surface area contributed by atoms with Crippen LogP contribution in [0.2, 0.25) is 0 Å². The minimum atomic E-state index is -1.29. The highest BCUT2D eigenvalue weighted by Gasteiger charge is 2.49. The number of carbonyl (C=O) groups excluding carboxylic acids is 2. The molecule has 1 N–H and O–H groups in total. The van der Waals surface area contributed by atoms with E-state index in [1.165, 1.54) is 18.3 Å². The summed E-state index contributed by atoms with van der Waals surface area (Å²) in [4.78, 5) is 30.0. The Hall–Kier alpha value is -3.27. The number of nitrogens with one attached hydrogen (secondary N) is 1. The van der Waals surface area contributed by atoms with Gasteiger partial charge in [0.2, 0.25) is 0 Å². The van der Waals surface area contributed by atoms with Crippen LogP contribution in [0.4, 0.5) is 9.18 Å². The van der Waals surface area contributed by atoms with E-state index in [1.807, 2.05) is 6.07 Å². The van der Waals surface area contributed by atoms with Gasteiger partial charge in [0.05, 0.1) is 23.9 Å². The third kappa shape index (κ3) is 2.48. The molecule has 120 valence electrons. The van der Waals surface area contributed by atoms with Gasteiger partial charge in [0.15, 0.2) is 5.54 Å². The number of pyridine rings is 1. The fraction of sp³-hybridized carbons (Fsp3) is 0.176. The van der Waals surface area contributed by atoms with Crippen molar-refractivity contribution in [1.29, 1.82) is 5.26 Å². The van der Waals surface area contributed by atoms with Gasteiger partial charge in [0.25, 0.3) is 5.91 Å². The number of aromatic nitrogens is 1. The van der Waals surface area contributed by atoms with Crippen molar-refractivity contribution in [2.45, 2.75) is 19.0 Å². The van der Waals surface area contributed by atoms with E-state index in [0.29, 0.717) is 5.69 Å². The van der Waals surface area contributed by atoms with Crippen molar-refractivity contribution in [3.8, 4) is 6.07 Å². The van der Waals surface area contributed by atoms with Crippen LogP contribution >= 0.6 is 0 Å². The van der Waals surface area contributed by atoms with Gasteiger partial charge < -0.3 is 5.32 Å². The predicted molar refractivity (Wildman–Crippen MR) is 81.8 cm³/mol. The Morgan fingerprint density at radius 2 is 2.12 bits per heavy atom. The summed E-state index contributed by atoms with van der Waals surface area (Å²) >= 11 is 0. The molecule has 1 unspecified atom stereocenters. The zero-order valence-corrected chi connectivity index (χ0v) is 12.8. The number of nitrogens with zero attached hydrogens (tertiary/aromatic N) is 3. The van der Waals surface area contributed by atoms with Crippen LogP contribution in [0.15, 0.2) is 42.6 Å². The van der Waals surface area contributed by atoms with Crippen LogP contribution in [0.1, 0.15) is 23.7 Å². The van der Waals surface area contributed by atoms with Gasteiger partial charge in [-0.05, 0) is 31.2 Å².